The summed E-state index contributed by atoms with van der Waals surface area (Å²) in [4.78, 5) is 35.7. The molecule has 0 saturated heterocycles. The van der Waals surface area contributed by atoms with E-state index in [4.69, 9.17) is 0 Å². The first-order chi connectivity index (χ1) is 51.0. The molecular formula is C83H125IN4O17S4. The number of nitrogens with one attached hydrogen (secondary N) is 1. The maximum Gasteiger partial charge on any atom is 0.358 e. The number of aliphatic hydroxyl groups excluding tert-OH is 3. The van der Waals surface area contributed by atoms with Crippen LogP contribution in [0.4, 0.5) is 0 Å². The molecule has 4 saturated carbocycles. The summed E-state index contributed by atoms with van der Waals surface area (Å²) in [6.07, 6.45) is 20.4. The third kappa shape index (κ3) is 32.1. The van der Waals surface area contributed by atoms with Crippen LogP contribution in [0.2, 0.25) is 0 Å². The molecule has 21 nitrogen and oxygen atoms in total. The zero-order valence-corrected chi connectivity index (χ0v) is 71.6. The predicted octanol–water partition coefficient (Wildman–Crippen LogP) is 6.68. The minimum Gasteiger partial charge on any atom is -0.748 e. The van der Waals surface area contributed by atoms with Crippen molar-refractivity contribution in [3.63, 3.8) is 0 Å². The van der Waals surface area contributed by atoms with Gasteiger partial charge in [-0.05, 0) is 171 Å². The second kappa shape index (κ2) is 44.1. The average Bonchev–Trinajstić information content (AvgIpc) is 1.67. The fraction of sp³-hybridized carbons (Fsp3) is 0.602. The Morgan fingerprint density at radius 1 is 0.606 bits per heavy atom. The second-order valence-corrected chi connectivity index (χ2v) is 42.3. The number of amides is 1. The van der Waals surface area contributed by atoms with Gasteiger partial charge in [-0.15, -0.1) is 0 Å². The number of quaternary nitrogens is 3. The van der Waals surface area contributed by atoms with Crippen LogP contribution >= 0.6 is 0 Å². The Labute approximate surface area is 665 Å². The number of aromatic carboxylic acids is 1. The predicted molar refractivity (Wildman–Crippen MR) is 416 cm³/mol. The number of likely N-dealkylation sites (N-methyl/N-ethyl adjacent to an activating group) is 1. The zero-order valence-electron chi connectivity index (χ0n) is 66.2. The van der Waals surface area contributed by atoms with Gasteiger partial charge in [0, 0.05) is 31.6 Å². The molecular weight excluding hydrogens is 1580 g/mol. The van der Waals surface area contributed by atoms with Gasteiger partial charge in [-0.25, -0.2) is 25.3 Å². The maximum absolute atomic E-state index is 12.6. The van der Waals surface area contributed by atoms with Gasteiger partial charge in [-0.3, -0.25) is 4.79 Å². The number of fused-ring (bicyclic) bond motifs is 5. The van der Waals surface area contributed by atoms with Gasteiger partial charge in [-0.2, -0.15) is 0 Å². The number of unbranched alkanes of at least 4 members (excludes halogenated alkanes) is 9. The number of carbonyl (C=O) groups is 3. The van der Waals surface area contributed by atoms with Crippen LogP contribution in [0.25, 0.3) is 0 Å². The number of nitrogens with zero attached hydrogens (tertiary/aromatic N) is 3. The Kier molecular flexibility index (Phi) is 38.3. The summed E-state index contributed by atoms with van der Waals surface area (Å²) < 4.78 is 103. The summed E-state index contributed by atoms with van der Waals surface area (Å²) in [5.41, 5.74) is 0.102. The minimum absolute atomic E-state index is 0.0290. The summed E-state index contributed by atoms with van der Waals surface area (Å²) >= 11 is -0.447. The maximum atomic E-state index is 12.6. The highest BCUT2D eigenvalue weighted by molar-refractivity contribution is 7.97. The number of aliphatic carboxylic acids is 1. The molecule has 4 aliphatic carbocycles. The van der Waals surface area contributed by atoms with E-state index >= 15 is 0 Å². The number of halogens is 1. The van der Waals surface area contributed by atoms with Crippen LogP contribution in [0, 0.1) is 53.5 Å². The highest BCUT2D eigenvalue weighted by atomic mass is 127. The summed E-state index contributed by atoms with van der Waals surface area (Å²) in [6.45, 7) is 11.8. The molecule has 0 radical (unpaired) electrons. The van der Waals surface area contributed by atoms with Crippen LogP contribution < -0.4 is 36.7 Å². The summed E-state index contributed by atoms with van der Waals surface area (Å²) in [5, 5.41) is 57.2. The van der Waals surface area contributed by atoms with Crippen molar-refractivity contribution in [3.8, 4) is 0 Å². The fourth-order valence-corrected chi connectivity index (χ4v) is 24.1. The largest absolute Gasteiger partial charge is 0.748 e. The molecule has 9 rings (SSSR count). The summed E-state index contributed by atoms with van der Waals surface area (Å²) in [6, 6.07) is 42.7. The quantitative estimate of drug-likeness (QED) is 0.0110. The molecule has 1 amide bonds. The van der Waals surface area contributed by atoms with E-state index in [-0.39, 0.29) is 74.3 Å². The molecule has 0 spiro atoms. The average molecular weight is 1710 g/mol. The van der Waals surface area contributed by atoms with E-state index in [0.717, 1.165) is 75.9 Å². The molecule has 4 aliphatic rings. The lowest BCUT2D eigenvalue weighted by Gasteiger charge is -2.63. The first-order valence-corrected chi connectivity index (χ1v) is 46.7. The molecule has 4 fully saturated rings. The molecule has 610 valence electrons. The number of benzene rings is 5. The third-order valence-electron chi connectivity index (χ3n) is 22.3. The Morgan fingerprint density at radius 2 is 1.13 bits per heavy atom. The molecule has 109 heavy (non-hydrogen) atoms. The molecule has 11 atom stereocenters. The number of aliphatic hydroxyl groups is 3. The van der Waals surface area contributed by atoms with Crippen LogP contribution in [0.1, 0.15) is 173 Å². The highest BCUT2D eigenvalue weighted by Crippen LogP contribution is 2.68. The van der Waals surface area contributed by atoms with Crippen molar-refractivity contribution >= 4 is 59.1 Å². The van der Waals surface area contributed by atoms with Gasteiger partial charge in [0.15, 0.2) is 24.1 Å². The third-order valence-corrected chi connectivity index (χ3v) is 30.3. The van der Waals surface area contributed by atoms with Crippen LogP contribution in [0.3, 0.4) is 0 Å². The Bertz CT molecular complexity index is 3890. The van der Waals surface area contributed by atoms with Gasteiger partial charge in [0.05, 0.1) is 115 Å². The van der Waals surface area contributed by atoms with Crippen molar-refractivity contribution in [2.45, 2.75) is 200 Å². The SMILES string of the molecule is CC(CCC(=O)NCCC[N+](C)(C)CS(=O)(=O)[O-])C1CCC2C3C(O)CC4CC(O)CCC4(C)C3CC(O)C12C.CCCCCCCCCCCC[N+](C)(C)CCCS(=O)(=O)[O-].C[N+](C)(C)CC(=O)[O-].O=C([O-])c1ccccc1[I+]c1ccccc1.O=S(=O)([O-])c1ccccc1[S+](c1ccccc1)c1ccccc1. The van der Waals surface area contributed by atoms with Crippen molar-refractivity contribution in [2.24, 2.45) is 46.3 Å². The monoisotopic (exact) mass is 1700 g/mol. The smallest absolute Gasteiger partial charge is 0.358 e. The van der Waals surface area contributed by atoms with Crippen molar-refractivity contribution < 1.29 is 113 Å². The van der Waals surface area contributed by atoms with Crippen molar-refractivity contribution in [1.29, 1.82) is 0 Å². The van der Waals surface area contributed by atoms with E-state index in [0.29, 0.717) is 65.6 Å². The van der Waals surface area contributed by atoms with Gasteiger partial charge < -0.3 is 67.5 Å². The van der Waals surface area contributed by atoms with Crippen LogP contribution in [0.15, 0.2) is 159 Å². The second-order valence-electron chi connectivity index (χ2n) is 33.1. The molecule has 0 bridgehead atoms. The number of hydrogen-bond donors (Lipinski definition) is 4. The number of hydrogen-bond acceptors (Lipinski definition) is 17. The topological polar surface area (TPSA) is 342 Å². The molecule has 11 unspecified atom stereocenters. The molecule has 5 aromatic rings. The Morgan fingerprint density at radius 3 is 1.66 bits per heavy atom. The van der Waals surface area contributed by atoms with E-state index < -0.39 is 86.4 Å². The standard InChI is InChI=1S/C30H54N2O7S.C18H14O3S2.C17H37NO3S.C13H9IO2.C5H11NO2/c1-19(7-10-27(36)31-13-6-14-32(4,5)18-40(37,38)39)22-8-9-23-28-24(17-26(35)30(22,23)3)29(2)12-11-21(33)15-20(29)16-25(28)34;19-23(20,21)18-14-8-7-13-17(18)22(15-9-3-1-4-10-15)16-11-5-2-6-12-16;1-4-5-6-7-8-9-10-11-12-13-15-18(2,3)16-14-17-22(19,20)21;15-13(16)11-8-4-5-9-12(11)14-10-6-2-1-3-7-10;1-6(2,3)4-5(7)8/h19-26,28,33-35H,6-18H2,1-5H3,(H-,31,36,37,38,39);1-14H;4-17H2,1-3H3;1-9H;4H2,1-3H3. The summed E-state index contributed by atoms with van der Waals surface area (Å²) in [7, 11) is -0.518. The Hall–Kier alpha value is -4.92. The van der Waals surface area contributed by atoms with Gasteiger partial charge in [0.1, 0.15) is 42.6 Å². The molecule has 26 heteroatoms. The highest BCUT2D eigenvalue weighted by Gasteiger charge is 2.66. The van der Waals surface area contributed by atoms with E-state index in [1.165, 1.54) is 73.8 Å². The summed E-state index contributed by atoms with van der Waals surface area (Å²) in [5.74, 6) is -1.23. The number of carboxylic acids is 2. The van der Waals surface area contributed by atoms with E-state index in [9.17, 15) is 78.8 Å². The number of carbonyl (C=O) groups excluding carboxylic acids is 3. The van der Waals surface area contributed by atoms with Crippen LogP contribution in [-0.4, -0.2) is 198 Å². The van der Waals surface area contributed by atoms with Crippen molar-refractivity contribution in [2.75, 3.05) is 93.7 Å². The van der Waals surface area contributed by atoms with E-state index in [1.807, 2.05) is 103 Å². The number of carboxylic acid groups (broad SMARTS) is 2. The minimum atomic E-state index is -4.54. The van der Waals surface area contributed by atoms with Crippen molar-refractivity contribution in [3.05, 3.63) is 152 Å². The van der Waals surface area contributed by atoms with Gasteiger partial charge >= 0.3 is 21.2 Å². The Balaban J connectivity index is 0.000000265. The molecule has 0 aromatic heterocycles. The lowest BCUT2D eigenvalue weighted by Crippen LogP contribution is -3.61. The molecule has 0 heterocycles. The van der Waals surface area contributed by atoms with Crippen molar-refractivity contribution in [1.82, 2.24) is 5.32 Å². The van der Waals surface area contributed by atoms with E-state index in [1.54, 1.807) is 65.6 Å². The van der Waals surface area contributed by atoms with Gasteiger partial charge in [0.2, 0.25) is 9.48 Å². The van der Waals surface area contributed by atoms with Gasteiger partial charge in [0.25, 0.3) is 0 Å². The van der Waals surface area contributed by atoms with Crippen LogP contribution in [-0.2, 0) is 50.8 Å². The zero-order chi connectivity index (χ0) is 81.0. The normalized spacial score (nSPS) is 22.9. The first-order valence-electron chi connectivity index (χ1n) is 38.7. The number of rotatable bonds is 34. The molecule has 0 aliphatic heterocycles. The fourth-order valence-electron chi connectivity index (χ4n) is 16.8. The molecule has 4 N–H and O–H groups in total. The molecule has 5 aromatic carbocycles. The van der Waals surface area contributed by atoms with Gasteiger partial charge in [-0.1, -0.05) is 158 Å². The lowest BCUT2D eigenvalue weighted by molar-refractivity contribution is -0.890. The van der Waals surface area contributed by atoms with Crippen LogP contribution in [0.5, 0.6) is 0 Å². The first kappa shape index (κ1) is 94.7. The van der Waals surface area contributed by atoms with E-state index in [2.05, 4.69) is 47.1 Å². The lowest BCUT2D eigenvalue weighted by atomic mass is 9.43.